The van der Waals surface area contributed by atoms with Crippen LogP contribution in [0.15, 0.2) is 36.9 Å². The maximum atomic E-state index is 5.74. The molecule has 1 aromatic rings. The minimum atomic E-state index is 0.729. The summed E-state index contributed by atoms with van der Waals surface area (Å²) in [5.74, 6) is 2.27. The molecule has 0 amide bonds. The summed E-state index contributed by atoms with van der Waals surface area (Å²) in [4.78, 5) is 0. The van der Waals surface area contributed by atoms with Crippen LogP contribution in [-0.2, 0) is 6.42 Å². The van der Waals surface area contributed by atoms with Crippen LogP contribution in [0.3, 0.4) is 0 Å². The van der Waals surface area contributed by atoms with Gasteiger partial charge in [-0.2, -0.15) is 11.8 Å². The molecule has 0 aromatic heterocycles. The monoisotopic (exact) mass is 206 g/mol. The third kappa shape index (κ3) is 2.55. The Labute approximate surface area is 89.2 Å². The van der Waals surface area contributed by atoms with Crippen LogP contribution in [0.1, 0.15) is 5.56 Å². The highest BCUT2D eigenvalue weighted by Crippen LogP contribution is 2.31. The molecule has 0 radical (unpaired) electrons. The zero-order valence-electron chi connectivity index (χ0n) is 8.11. The van der Waals surface area contributed by atoms with Gasteiger partial charge in [-0.1, -0.05) is 24.3 Å². The lowest BCUT2D eigenvalue weighted by Crippen LogP contribution is -2.04. The van der Waals surface area contributed by atoms with Gasteiger partial charge in [-0.15, -0.1) is 6.58 Å². The van der Waals surface area contributed by atoms with Crippen LogP contribution >= 0.6 is 11.8 Å². The smallest absolute Gasteiger partial charge is 0.122 e. The second-order valence-electron chi connectivity index (χ2n) is 3.37. The van der Waals surface area contributed by atoms with Gasteiger partial charge in [-0.25, -0.2) is 0 Å². The molecule has 1 nitrogen and oxygen atoms in total. The van der Waals surface area contributed by atoms with Crippen molar-refractivity contribution >= 4 is 11.8 Å². The van der Waals surface area contributed by atoms with Crippen molar-refractivity contribution in [2.75, 3.05) is 12.4 Å². The van der Waals surface area contributed by atoms with Gasteiger partial charge in [0.1, 0.15) is 12.4 Å². The van der Waals surface area contributed by atoms with Crippen molar-refractivity contribution in [2.24, 2.45) is 0 Å². The molecule has 0 saturated carbocycles. The first-order chi connectivity index (χ1) is 6.90. The maximum Gasteiger partial charge on any atom is 0.122 e. The Morgan fingerprint density at radius 2 is 2.29 bits per heavy atom. The average Bonchev–Trinajstić information content (AvgIpc) is 3.01. The number of thioether (sulfide) groups is 1. The van der Waals surface area contributed by atoms with Gasteiger partial charge in [0, 0.05) is 11.0 Å². The van der Waals surface area contributed by atoms with Gasteiger partial charge in [0.15, 0.2) is 0 Å². The number of para-hydroxylation sites is 1. The summed E-state index contributed by atoms with van der Waals surface area (Å²) < 4.78 is 5.74. The van der Waals surface area contributed by atoms with E-state index in [0.29, 0.717) is 0 Å². The van der Waals surface area contributed by atoms with E-state index in [9.17, 15) is 0 Å². The van der Waals surface area contributed by atoms with Crippen LogP contribution in [0.4, 0.5) is 0 Å². The Balaban J connectivity index is 2.01. The van der Waals surface area contributed by atoms with Crippen molar-refractivity contribution in [3.05, 3.63) is 42.5 Å². The van der Waals surface area contributed by atoms with Crippen molar-refractivity contribution in [1.82, 2.24) is 0 Å². The molecule has 1 fully saturated rings. The standard InChI is InChI=1S/C12H14OS/c1-2-5-10-6-3-4-7-12(10)13-8-11-9-14-11/h2-4,6-7,11H,1,5,8-9H2. The van der Waals surface area contributed by atoms with E-state index in [1.54, 1.807) is 0 Å². The molecular weight excluding hydrogens is 192 g/mol. The number of hydrogen-bond acceptors (Lipinski definition) is 2. The van der Waals surface area contributed by atoms with Crippen LogP contribution < -0.4 is 4.74 Å². The fraction of sp³-hybridized carbons (Fsp3) is 0.333. The second-order valence-corrected chi connectivity index (χ2v) is 4.70. The van der Waals surface area contributed by atoms with Gasteiger partial charge in [0.2, 0.25) is 0 Å². The molecule has 1 heterocycles. The third-order valence-corrected chi connectivity index (χ3v) is 3.10. The highest BCUT2D eigenvalue weighted by Gasteiger charge is 2.23. The molecule has 0 aliphatic carbocycles. The Kier molecular flexibility index (Phi) is 3.14. The largest absolute Gasteiger partial charge is 0.492 e. The van der Waals surface area contributed by atoms with E-state index in [4.69, 9.17) is 4.74 Å². The Bertz CT molecular complexity index is 318. The highest BCUT2D eigenvalue weighted by molar-refractivity contribution is 8.06. The van der Waals surface area contributed by atoms with E-state index >= 15 is 0 Å². The first-order valence-electron chi connectivity index (χ1n) is 4.83. The normalized spacial score (nSPS) is 19.0. The van der Waals surface area contributed by atoms with Gasteiger partial charge in [-0.3, -0.25) is 0 Å². The number of hydrogen-bond donors (Lipinski definition) is 0. The molecule has 1 saturated heterocycles. The van der Waals surface area contributed by atoms with Gasteiger partial charge in [0.05, 0.1) is 0 Å². The van der Waals surface area contributed by atoms with Crippen molar-refractivity contribution in [3.8, 4) is 5.75 Å². The predicted octanol–water partition coefficient (Wildman–Crippen LogP) is 2.91. The molecule has 0 bridgehead atoms. The number of rotatable bonds is 5. The zero-order valence-corrected chi connectivity index (χ0v) is 8.93. The summed E-state index contributed by atoms with van der Waals surface area (Å²) in [6.45, 7) is 4.59. The quantitative estimate of drug-likeness (QED) is 0.541. The van der Waals surface area contributed by atoms with Gasteiger partial charge in [-0.05, 0) is 18.1 Å². The first-order valence-corrected chi connectivity index (χ1v) is 5.88. The van der Waals surface area contributed by atoms with Crippen LogP contribution in [0.5, 0.6) is 5.75 Å². The fourth-order valence-corrected chi connectivity index (χ4v) is 1.71. The topological polar surface area (TPSA) is 9.23 Å². The summed E-state index contributed by atoms with van der Waals surface area (Å²) >= 11 is 1.96. The Hall–Kier alpha value is -0.890. The van der Waals surface area contributed by atoms with Crippen molar-refractivity contribution in [2.45, 2.75) is 11.7 Å². The fourth-order valence-electron chi connectivity index (χ4n) is 1.32. The van der Waals surface area contributed by atoms with Gasteiger partial charge >= 0.3 is 0 Å². The van der Waals surface area contributed by atoms with Crippen molar-refractivity contribution in [1.29, 1.82) is 0 Å². The van der Waals surface area contributed by atoms with E-state index in [1.165, 1.54) is 11.3 Å². The van der Waals surface area contributed by atoms with E-state index in [0.717, 1.165) is 24.0 Å². The minimum absolute atomic E-state index is 0.729. The summed E-state index contributed by atoms with van der Waals surface area (Å²) in [5, 5.41) is 0.729. The molecule has 0 spiro atoms. The lowest BCUT2D eigenvalue weighted by Gasteiger charge is -2.08. The summed E-state index contributed by atoms with van der Waals surface area (Å²) in [6.07, 6.45) is 2.79. The summed E-state index contributed by atoms with van der Waals surface area (Å²) in [5.41, 5.74) is 1.23. The molecule has 1 aliphatic rings. The first kappa shape index (κ1) is 9.66. The predicted molar refractivity (Wildman–Crippen MR) is 62.1 cm³/mol. The molecule has 0 N–H and O–H groups in total. The maximum absolute atomic E-state index is 5.74. The molecular formula is C12H14OS. The Morgan fingerprint density at radius 3 is 3.00 bits per heavy atom. The van der Waals surface area contributed by atoms with Crippen molar-refractivity contribution in [3.63, 3.8) is 0 Å². The minimum Gasteiger partial charge on any atom is -0.492 e. The number of allylic oxidation sites excluding steroid dienone is 1. The lowest BCUT2D eigenvalue weighted by molar-refractivity contribution is 0.327. The van der Waals surface area contributed by atoms with E-state index in [2.05, 4.69) is 12.6 Å². The van der Waals surface area contributed by atoms with Crippen LogP contribution in [0.2, 0.25) is 0 Å². The summed E-state index contributed by atoms with van der Waals surface area (Å²) in [7, 11) is 0. The van der Waals surface area contributed by atoms with E-state index < -0.39 is 0 Å². The van der Waals surface area contributed by atoms with Crippen LogP contribution in [0, 0.1) is 0 Å². The third-order valence-electron chi connectivity index (χ3n) is 2.16. The lowest BCUT2D eigenvalue weighted by atomic mass is 10.1. The SMILES string of the molecule is C=CCc1ccccc1OCC1CS1. The number of ether oxygens (including phenoxy) is 1. The molecule has 1 atom stereocenters. The molecule has 14 heavy (non-hydrogen) atoms. The molecule has 2 rings (SSSR count). The second kappa shape index (κ2) is 4.56. The molecule has 1 unspecified atom stereocenters. The van der Waals surface area contributed by atoms with Crippen LogP contribution in [0.25, 0.3) is 0 Å². The number of benzene rings is 1. The van der Waals surface area contributed by atoms with Crippen molar-refractivity contribution < 1.29 is 4.74 Å². The molecule has 1 aliphatic heterocycles. The van der Waals surface area contributed by atoms with E-state index in [-0.39, 0.29) is 0 Å². The van der Waals surface area contributed by atoms with Crippen LogP contribution in [-0.4, -0.2) is 17.6 Å². The molecule has 74 valence electrons. The zero-order chi connectivity index (χ0) is 9.80. The average molecular weight is 206 g/mol. The Morgan fingerprint density at radius 1 is 1.50 bits per heavy atom. The molecule has 2 heteroatoms. The summed E-state index contributed by atoms with van der Waals surface area (Å²) in [6, 6.07) is 8.18. The van der Waals surface area contributed by atoms with Gasteiger partial charge < -0.3 is 4.74 Å². The van der Waals surface area contributed by atoms with E-state index in [1.807, 2.05) is 36.0 Å². The highest BCUT2D eigenvalue weighted by atomic mass is 32.2. The molecule has 1 aromatic carbocycles. The van der Waals surface area contributed by atoms with Gasteiger partial charge in [0.25, 0.3) is 0 Å².